The van der Waals surface area contributed by atoms with Crippen LogP contribution in [0.3, 0.4) is 0 Å². The van der Waals surface area contributed by atoms with Crippen LogP contribution in [0.15, 0.2) is 41.5 Å². The normalized spacial score (nSPS) is 10.9. The third-order valence-corrected chi connectivity index (χ3v) is 3.05. The number of hydrogen-bond donors (Lipinski definition) is 2. The van der Waals surface area contributed by atoms with Gasteiger partial charge in [0.1, 0.15) is 5.75 Å². The minimum Gasteiger partial charge on any atom is -0.493 e. The molecule has 5 heteroatoms. The van der Waals surface area contributed by atoms with Crippen molar-refractivity contribution >= 4 is 23.0 Å². The van der Waals surface area contributed by atoms with E-state index in [0.717, 1.165) is 34.9 Å². The smallest absolute Gasteiger partial charge is 0.332 e. The van der Waals surface area contributed by atoms with Crippen molar-refractivity contribution in [3.63, 3.8) is 0 Å². The van der Waals surface area contributed by atoms with Gasteiger partial charge in [-0.2, -0.15) is 5.10 Å². The molecule has 0 aliphatic carbocycles. The number of amides is 2. The van der Waals surface area contributed by atoms with Crippen LogP contribution in [-0.4, -0.2) is 18.9 Å². The summed E-state index contributed by atoms with van der Waals surface area (Å²) in [6, 6.07) is 11.2. The first-order valence-corrected chi connectivity index (χ1v) is 6.95. The van der Waals surface area contributed by atoms with Crippen LogP contribution in [0.5, 0.6) is 5.75 Å². The maximum Gasteiger partial charge on any atom is 0.332 e. The van der Waals surface area contributed by atoms with Gasteiger partial charge in [0.15, 0.2) is 0 Å². The summed E-state index contributed by atoms with van der Waals surface area (Å²) < 4.78 is 5.81. The molecule has 0 radical (unpaired) electrons. The van der Waals surface area contributed by atoms with Crippen molar-refractivity contribution in [3.05, 3.63) is 42.0 Å². The van der Waals surface area contributed by atoms with Gasteiger partial charge in [0.05, 0.1) is 12.8 Å². The Labute approximate surface area is 123 Å². The molecular weight excluding hydrogens is 266 g/mol. The van der Waals surface area contributed by atoms with Crippen molar-refractivity contribution in [1.29, 1.82) is 0 Å². The van der Waals surface area contributed by atoms with E-state index >= 15 is 0 Å². The lowest BCUT2D eigenvalue weighted by atomic mass is 10.0. The number of carbonyl (C=O) groups excluding carboxylic acids is 1. The Hall–Kier alpha value is -2.56. The Morgan fingerprint density at radius 3 is 2.90 bits per heavy atom. The van der Waals surface area contributed by atoms with Crippen LogP contribution in [0.2, 0.25) is 0 Å². The van der Waals surface area contributed by atoms with Gasteiger partial charge in [-0.15, -0.1) is 0 Å². The average Bonchev–Trinajstić information content (AvgIpc) is 2.48. The van der Waals surface area contributed by atoms with Gasteiger partial charge in [-0.1, -0.05) is 43.7 Å². The summed E-state index contributed by atoms with van der Waals surface area (Å²) in [5.74, 6) is 0.747. The fourth-order valence-electron chi connectivity index (χ4n) is 2.02. The van der Waals surface area contributed by atoms with Gasteiger partial charge in [-0.05, 0) is 23.3 Å². The fraction of sp³-hybridized carbons (Fsp3) is 0.250. The first-order valence-electron chi connectivity index (χ1n) is 6.95. The molecule has 2 rings (SSSR count). The summed E-state index contributed by atoms with van der Waals surface area (Å²) in [5, 5.41) is 5.95. The summed E-state index contributed by atoms with van der Waals surface area (Å²) in [6.07, 6.45) is 3.62. The van der Waals surface area contributed by atoms with Crippen molar-refractivity contribution in [2.24, 2.45) is 10.8 Å². The molecule has 0 atom stereocenters. The SMILES string of the molecule is CCCCOc1ccc2ccccc2c1/C=N/NC(N)=O. The number of urea groups is 1. The zero-order valence-corrected chi connectivity index (χ0v) is 12.0. The van der Waals surface area contributed by atoms with Gasteiger partial charge in [0, 0.05) is 5.56 Å². The number of benzene rings is 2. The minimum atomic E-state index is -0.695. The van der Waals surface area contributed by atoms with Crippen molar-refractivity contribution in [3.8, 4) is 5.75 Å². The minimum absolute atomic E-state index is 0.652. The lowest BCUT2D eigenvalue weighted by molar-refractivity contribution is 0.249. The molecule has 2 amide bonds. The lowest BCUT2D eigenvalue weighted by Gasteiger charge is -2.11. The number of nitrogens with two attached hydrogens (primary N) is 1. The van der Waals surface area contributed by atoms with Crippen LogP contribution < -0.4 is 15.9 Å². The van der Waals surface area contributed by atoms with Gasteiger partial charge in [-0.25, -0.2) is 10.2 Å². The van der Waals surface area contributed by atoms with Crippen LogP contribution in [0.4, 0.5) is 4.79 Å². The molecule has 0 fully saturated rings. The summed E-state index contributed by atoms with van der Waals surface area (Å²) in [5.41, 5.74) is 8.05. The van der Waals surface area contributed by atoms with Crippen LogP contribution in [0, 0.1) is 0 Å². The first-order chi connectivity index (χ1) is 10.2. The fourth-order valence-corrected chi connectivity index (χ4v) is 2.02. The van der Waals surface area contributed by atoms with E-state index in [-0.39, 0.29) is 0 Å². The molecule has 0 spiro atoms. The average molecular weight is 285 g/mol. The van der Waals surface area contributed by atoms with Crippen molar-refractivity contribution in [1.82, 2.24) is 5.43 Å². The van der Waals surface area contributed by atoms with Crippen molar-refractivity contribution in [2.75, 3.05) is 6.61 Å². The lowest BCUT2D eigenvalue weighted by Crippen LogP contribution is -2.24. The predicted octanol–water partition coefficient (Wildman–Crippen LogP) is 3.02. The maximum atomic E-state index is 10.7. The summed E-state index contributed by atoms with van der Waals surface area (Å²) >= 11 is 0. The maximum absolute atomic E-state index is 10.7. The molecule has 0 unspecified atom stereocenters. The Morgan fingerprint density at radius 1 is 1.33 bits per heavy atom. The first kappa shape index (κ1) is 14.8. The number of ether oxygens (including phenoxy) is 1. The van der Waals surface area contributed by atoms with Gasteiger partial charge in [-0.3, -0.25) is 0 Å². The largest absolute Gasteiger partial charge is 0.493 e. The van der Waals surface area contributed by atoms with E-state index in [1.54, 1.807) is 6.21 Å². The highest BCUT2D eigenvalue weighted by Crippen LogP contribution is 2.26. The summed E-state index contributed by atoms with van der Waals surface area (Å²) in [6.45, 7) is 2.77. The number of hydrazone groups is 1. The second-order valence-corrected chi connectivity index (χ2v) is 4.63. The standard InChI is InChI=1S/C16H19N3O2/c1-2-3-10-21-15-9-8-12-6-4-5-7-13(12)14(15)11-18-19-16(17)20/h4-9,11H,2-3,10H2,1H3,(H3,17,19,20)/b18-11+. The highest BCUT2D eigenvalue weighted by atomic mass is 16.5. The number of nitrogens with one attached hydrogen (secondary N) is 1. The topological polar surface area (TPSA) is 76.7 Å². The van der Waals surface area contributed by atoms with Gasteiger partial charge < -0.3 is 10.5 Å². The van der Waals surface area contributed by atoms with E-state index in [1.165, 1.54) is 0 Å². The van der Waals surface area contributed by atoms with E-state index in [0.29, 0.717) is 6.61 Å². The van der Waals surface area contributed by atoms with Crippen LogP contribution in [0.1, 0.15) is 25.3 Å². The molecule has 0 aromatic heterocycles. The molecule has 0 heterocycles. The second-order valence-electron chi connectivity index (χ2n) is 4.63. The Balaban J connectivity index is 2.36. The molecule has 110 valence electrons. The van der Waals surface area contributed by atoms with E-state index < -0.39 is 6.03 Å². The third kappa shape index (κ3) is 3.95. The molecule has 0 saturated heterocycles. The van der Waals surface area contributed by atoms with E-state index in [2.05, 4.69) is 17.5 Å². The van der Waals surface area contributed by atoms with Crippen LogP contribution >= 0.6 is 0 Å². The molecule has 3 N–H and O–H groups in total. The Morgan fingerprint density at radius 2 is 2.14 bits per heavy atom. The summed E-state index contributed by atoms with van der Waals surface area (Å²) in [7, 11) is 0. The Kier molecular flexibility index (Phi) is 5.15. The van der Waals surface area contributed by atoms with Crippen molar-refractivity contribution in [2.45, 2.75) is 19.8 Å². The predicted molar refractivity (Wildman–Crippen MR) is 84.7 cm³/mol. The number of primary amides is 1. The number of hydrogen-bond acceptors (Lipinski definition) is 3. The monoisotopic (exact) mass is 285 g/mol. The number of nitrogens with zero attached hydrogens (tertiary/aromatic N) is 1. The molecule has 0 aliphatic rings. The van der Waals surface area contributed by atoms with Gasteiger partial charge >= 0.3 is 6.03 Å². The highest BCUT2D eigenvalue weighted by Gasteiger charge is 2.07. The quantitative estimate of drug-likeness (QED) is 0.486. The van der Waals surface area contributed by atoms with Crippen LogP contribution in [-0.2, 0) is 0 Å². The third-order valence-electron chi connectivity index (χ3n) is 3.05. The molecule has 0 bridgehead atoms. The number of fused-ring (bicyclic) bond motifs is 1. The number of rotatable bonds is 6. The number of unbranched alkanes of at least 4 members (excludes halogenated alkanes) is 1. The van der Waals surface area contributed by atoms with E-state index in [1.807, 2.05) is 36.4 Å². The molecule has 5 nitrogen and oxygen atoms in total. The van der Waals surface area contributed by atoms with Crippen molar-refractivity contribution < 1.29 is 9.53 Å². The van der Waals surface area contributed by atoms with E-state index in [9.17, 15) is 4.79 Å². The van der Waals surface area contributed by atoms with Gasteiger partial charge in [0.2, 0.25) is 0 Å². The Bertz CT molecular complexity index is 653. The highest BCUT2D eigenvalue weighted by molar-refractivity contribution is 6.02. The zero-order chi connectivity index (χ0) is 15.1. The van der Waals surface area contributed by atoms with Crippen LogP contribution in [0.25, 0.3) is 10.8 Å². The molecule has 21 heavy (non-hydrogen) atoms. The molecule has 2 aromatic carbocycles. The molecule has 0 saturated carbocycles. The number of carbonyl (C=O) groups is 1. The molecule has 0 aliphatic heterocycles. The second kappa shape index (κ2) is 7.28. The van der Waals surface area contributed by atoms with Gasteiger partial charge in [0.25, 0.3) is 0 Å². The summed E-state index contributed by atoms with van der Waals surface area (Å²) in [4.78, 5) is 10.7. The molecule has 2 aromatic rings. The molecular formula is C16H19N3O2. The van der Waals surface area contributed by atoms with E-state index in [4.69, 9.17) is 10.5 Å². The zero-order valence-electron chi connectivity index (χ0n) is 12.0.